The van der Waals surface area contributed by atoms with E-state index >= 15 is 0 Å². The maximum atomic E-state index is 5.03. The lowest BCUT2D eigenvalue weighted by atomic mass is 10.0. The van der Waals surface area contributed by atoms with Crippen LogP contribution < -0.4 is 0 Å². The smallest absolute Gasteiger partial charge is 0.168 e. The van der Waals surface area contributed by atoms with Crippen LogP contribution in [0.5, 0.6) is 0 Å². The second-order valence-electron chi connectivity index (χ2n) is 15.7. The van der Waals surface area contributed by atoms with E-state index in [9.17, 15) is 0 Å². The number of fused-ring (bicyclic) bond motifs is 6. The molecule has 3 heterocycles. The molecule has 1 aliphatic carbocycles. The molecule has 0 bridgehead atoms. The van der Waals surface area contributed by atoms with Gasteiger partial charge in [0.15, 0.2) is 5.82 Å². The third-order valence-electron chi connectivity index (χ3n) is 12.0. The van der Waals surface area contributed by atoms with Crippen molar-refractivity contribution in [1.29, 1.82) is 0 Å². The van der Waals surface area contributed by atoms with E-state index in [0.717, 1.165) is 50.5 Å². The molecule has 3 aromatic heterocycles. The first-order valence-corrected chi connectivity index (χ1v) is 20.9. The summed E-state index contributed by atoms with van der Waals surface area (Å²) in [5.41, 5.74) is 22.5. The molecule has 62 heavy (non-hydrogen) atoms. The SMILES string of the molecule is C1=C=C(c2nc(-c3ccccc3)cc(-c3ccc(-n4c5ccccc5c5cc(-c6ccc7c8ccccc8n(-c8ccc(-c9ccccc9)cc8)c7c6)ccc54)cc3)n2)C=CC=1. The zero-order valence-corrected chi connectivity index (χ0v) is 33.6. The quantitative estimate of drug-likeness (QED) is 0.151. The van der Waals surface area contributed by atoms with E-state index in [1.807, 2.05) is 36.4 Å². The van der Waals surface area contributed by atoms with Crippen molar-refractivity contribution < 1.29 is 0 Å². The Bertz CT molecular complexity index is 3670. The lowest BCUT2D eigenvalue weighted by Crippen LogP contribution is -1.99. The molecule has 4 heteroatoms. The van der Waals surface area contributed by atoms with Crippen LogP contribution in [0, 0.1) is 0 Å². The maximum absolute atomic E-state index is 5.03. The second-order valence-corrected chi connectivity index (χ2v) is 15.7. The first-order chi connectivity index (χ1) is 30.7. The van der Waals surface area contributed by atoms with Crippen molar-refractivity contribution in [2.75, 3.05) is 0 Å². The number of rotatable bonds is 7. The Hall–Kier alpha value is -8.52. The highest BCUT2D eigenvalue weighted by Crippen LogP contribution is 2.39. The van der Waals surface area contributed by atoms with E-state index < -0.39 is 0 Å². The van der Waals surface area contributed by atoms with Crippen LogP contribution in [0.1, 0.15) is 5.82 Å². The molecule has 0 saturated carbocycles. The lowest BCUT2D eigenvalue weighted by molar-refractivity contribution is 1.13. The lowest BCUT2D eigenvalue weighted by Gasteiger charge is -2.12. The minimum atomic E-state index is 0.624. The van der Waals surface area contributed by atoms with Gasteiger partial charge in [0.25, 0.3) is 0 Å². The molecule has 12 rings (SSSR count). The number of nitrogens with zero attached hydrogens (tertiary/aromatic N) is 4. The summed E-state index contributed by atoms with van der Waals surface area (Å²) in [4.78, 5) is 9.97. The van der Waals surface area contributed by atoms with Crippen LogP contribution in [-0.2, 0) is 0 Å². The van der Waals surface area contributed by atoms with Gasteiger partial charge in [0.2, 0.25) is 0 Å². The minimum Gasteiger partial charge on any atom is -0.309 e. The Morgan fingerprint density at radius 3 is 1.50 bits per heavy atom. The van der Waals surface area contributed by atoms with Crippen molar-refractivity contribution in [3.05, 3.63) is 236 Å². The molecule has 0 aliphatic heterocycles. The summed E-state index contributed by atoms with van der Waals surface area (Å²) >= 11 is 0. The van der Waals surface area contributed by atoms with E-state index in [1.165, 1.54) is 54.8 Å². The van der Waals surface area contributed by atoms with Crippen molar-refractivity contribution in [2.45, 2.75) is 0 Å². The van der Waals surface area contributed by atoms with E-state index in [-0.39, 0.29) is 0 Å². The summed E-state index contributed by atoms with van der Waals surface area (Å²) in [5, 5.41) is 4.91. The number of aromatic nitrogens is 4. The summed E-state index contributed by atoms with van der Waals surface area (Å²) in [6.07, 6.45) is 5.76. The molecule has 288 valence electrons. The fourth-order valence-corrected chi connectivity index (χ4v) is 9.03. The summed E-state index contributed by atoms with van der Waals surface area (Å²) in [5.74, 6) is 0.624. The van der Waals surface area contributed by atoms with Gasteiger partial charge in [-0.15, -0.1) is 0 Å². The first kappa shape index (κ1) is 35.4. The highest BCUT2D eigenvalue weighted by molar-refractivity contribution is 6.12. The third-order valence-corrected chi connectivity index (χ3v) is 12.0. The summed E-state index contributed by atoms with van der Waals surface area (Å²) in [6.45, 7) is 0. The Balaban J connectivity index is 0.944. The number of hydrogen-bond acceptors (Lipinski definition) is 2. The van der Waals surface area contributed by atoms with Gasteiger partial charge in [-0.2, -0.15) is 0 Å². The van der Waals surface area contributed by atoms with E-state index in [2.05, 4.69) is 203 Å². The standard InChI is InChI=1S/C58H36N4/c1-4-14-39(15-5-1)40-24-30-47(31-25-40)62-54-22-12-10-20-48(54)50-34-28-45(37-57(50)62)44-29-35-56-51(36-44)49-21-11-13-23-55(49)61(56)46-32-26-42(27-33-46)53-38-52(41-16-6-2-7-17-41)59-58(60-53)43-18-8-3-9-19-43/h1-8,10-18,20-38H. The van der Waals surface area contributed by atoms with Gasteiger partial charge in [0.05, 0.1) is 39.0 Å². The predicted octanol–water partition coefficient (Wildman–Crippen LogP) is 14.6. The molecular formula is C58H36N4. The Kier molecular flexibility index (Phi) is 8.36. The number of hydrogen-bond donors (Lipinski definition) is 0. The third kappa shape index (κ3) is 6.03. The molecule has 0 atom stereocenters. The van der Waals surface area contributed by atoms with Crippen LogP contribution in [0.25, 0.3) is 105 Å². The summed E-state index contributed by atoms with van der Waals surface area (Å²) < 4.78 is 4.77. The van der Waals surface area contributed by atoms with E-state index in [4.69, 9.17) is 9.97 Å². The number of para-hydroxylation sites is 2. The van der Waals surface area contributed by atoms with Gasteiger partial charge in [-0.1, -0.05) is 157 Å². The zero-order valence-electron chi connectivity index (χ0n) is 33.6. The topological polar surface area (TPSA) is 35.6 Å². The van der Waals surface area contributed by atoms with Gasteiger partial charge in [-0.25, -0.2) is 9.97 Å². The van der Waals surface area contributed by atoms with Crippen LogP contribution in [0.2, 0.25) is 0 Å². The molecule has 0 amide bonds. The van der Waals surface area contributed by atoms with Gasteiger partial charge < -0.3 is 9.13 Å². The van der Waals surface area contributed by atoms with Crippen molar-refractivity contribution in [3.63, 3.8) is 0 Å². The molecule has 4 nitrogen and oxygen atoms in total. The second kappa shape index (κ2) is 14.6. The van der Waals surface area contributed by atoms with Gasteiger partial charge in [-0.05, 0) is 95.1 Å². The van der Waals surface area contributed by atoms with Crippen molar-refractivity contribution >= 4 is 49.2 Å². The van der Waals surface area contributed by atoms with Crippen molar-refractivity contribution in [2.24, 2.45) is 0 Å². The average molecular weight is 789 g/mol. The molecule has 0 saturated heterocycles. The van der Waals surface area contributed by atoms with E-state index in [0.29, 0.717) is 5.82 Å². The molecule has 8 aromatic carbocycles. The fraction of sp³-hybridized carbons (Fsp3) is 0. The highest BCUT2D eigenvalue weighted by Gasteiger charge is 2.17. The molecule has 1 aliphatic rings. The number of benzene rings is 8. The summed E-state index contributed by atoms with van der Waals surface area (Å²) in [7, 11) is 0. The fourth-order valence-electron chi connectivity index (χ4n) is 9.03. The Morgan fingerprint density at radius 1 is 0.355 bits per heavy atom. The minimum absolute atomic E-state index is 0.624. The van der Waals surface area contributed by atoms with Crippen LogP contribution in [0.4, 0.5) is 0 Å². The Morgan fingerprint density at radius 2 is 0.839 bits per heavy atom. The normalized spacial score (nSPS) is 12.2. The van der Waals surface area contributed by atoms with Gasteiger partial charge in [-0.3, -0.25) is 0 Å². The maximum Gasteiger partial charge on any atom is 0.168 e. The largest absolute Gasteiger partial charge is 0.309 e. The summed E-state index contributed by atoms with van der Waals surface area (Å²) in [6, 6.07) is 71.8. The first-order valence-electron chi connectivity index (χ1n) is 20.9. The molecule has 0 unspecified atom stereocenters. The van der Waals surface area contributed by atoms with Crippen molar-refractivity contribution in [3.8, 4) is 56.1 Å². The molecule has 0 radical (unpaired) electrons. The van der Waals surface area contributed by atoms with Crippen LogP contribution in [-0.4, -0.2) is 19.1 Å². The predicted molar refractivity (Wildman–Crippen MR) is 257 cm³/mol. The monoisotopic (exact) mass is 788 g/mol. The van der Waals surface area contributed by atoms with Crippen LogP contribution in [0.15, 0.2) is 230 Å². The van der Waals surface area contributed by atoms with Crippen molar-refractivity contribution in [1.82, 2.24) is 19.1 Å². The zero-order chi connectivity index (χ0) is 41.0. The van der Waals surface area contributed by atoms with Gasteiger partial charge in [0.1, 0.15) is 0 Å². The van der Waals surface area contributed by atoms with Gasteiger partial charge in [0, 0.05) is 44.0 Å². The van der Waals surface area contributed by atoms with E-state index in [1.54, 1.807) is 0 Å². The Labute approximate surface area is 358 Å². The molecule has 0 fully saturated rings. The van der Waals surface area contributed by atoms with Crippen LogP contribution >= 0.6 is 0 Å². The molecular weight excluding hydrogens is 753 g/mol. The molecule has 0 N–H and O–H groups in total. The number of allylic oxidation sites excluding steroid dienone is 4. The molecule has 11 aromatic rings. The van der Waals surface area contributed by atoms with Crippen LogP contribution in [0.3, 0.4) is 0 Å². The molecule has 0 spiro atoms. The van der Waals surface area contributed by atoms with Gasteiger partial charge >= 0.3 is 0 Å². The average Bonchev–Trinajstić information content (AvgIpc) is 3.87. The highest BCUT2D eigenvalue weighted by atomic mass is 15.0.